The molecule has 0 bridgehead atoms. The predicted octanol–water partition coefficient (Wildman–Crippen LogP) is -0.950. The van der Waals surface area contributed by atoms with Gasteiger partial charge in [-0.3, -0.25) is 4.99 Å². The smallest absolute Gasteiger partial charge is 0.190 e. The molecular formula is C7H15N3O2S. The fourth-order valence-corrected chi connectivity index (χ4v) is 3.20. The van der Waals surface area contributed by atoms with Gasteiger partial charge in [-0.1, -0.05) is 0 Å². The molecule has 0 aromatic carbocycles. The van der Waals surface area contributed by atoms with Gasteiger partial charge in [-0.15, -0.1) is 0 Å². The van der Waals surface area contributed by atoms with Gasteiger partial charge in [0.05, 0.1) is 11.5 Å². The molecule has 1 rings (SSSR count). The van der Waals surface area contributed by atoms with E-state index in [1.807, 2.05) is 0 Å². The maximum atomic E-state index is 11.1. The van der Waals surface area contributed by atoms with E-state index in [-0.39, 0.29) is 17.5 Å². The quantitative estimate of drug-likeness (QED) is 0.442. The van der Waals surface area contributed by atoms with Crippen LogP contribution in [0.4, 0.5) is 0 Å². The van der Waals surface area contributed by atoms with Gasteiger partial charge in [0.15, 0.2) is 15.8 Å². The lowest BCUT2D eigenvalue weighted by atomic mass is 10.2. The van der Waals surface area contributed by atoms with Crippen molar-refractivity contribution in [3.63, 3.8) is 0 Å². The van der Waals surface area contributed by atoms with Gasteiger partial charge in [0.25, 0.3) is 0 Å². The average molecular weight is 205 g/mol. The Bertz CT molecular complexity index is 310. The van der Waals surface area contributed by atoms with E-state index in [0.717, 1.165) is 0 Å². The van der Waals surface area contributed by atoms with Gasteiger partial charge in [-0.05, 0) is 6.42 Å². The summed E-state index contributed by atoms with van der Waals surface area (Å²) < 4.78 is 22.3. The van der Waals surface area contributed by atoms with E-state index in [4.69, 9.17) is 5.73 Å². The maximum Gasteiger partial charge on any atom is 0.190 e. The lowest BCUT2D eigenvalue weighted by molar-refractivity contribution is 0.392. The number of nitrogens with two attached hydrogens (primary N) is 1. The molecule has 1 fully saturated rings. The first-order valence-corrected chi connectivity index (χ1v) is 5.94. The second-order valence-corrected chi connectivity index (χ2v) is 5.48. The molecule has 1 atom stereocenters. The van der Waals surface area contributed by atoms with Crippen molar-refractivity contribution in [2.45, 2.75) is 12.5 Å². The number of hydrogen-bond acceptors (Lipinski definition) is 3. The average Bonchev–Trinajstić information content (AvgIpc) is 2.43. The van der Waals surface area contributed by atoms with Crippen LogP contribution in [0.5, 0.6) is 0 Å². The summed E-state index contributed by atoms with van der Waals surface area (Å²) in [5.41, 5.74) is 5.57. The van der Waals surface area contributed by atoms with Crippen molar-refractivity contribution in [3.8, 4) is 0 Å². The molecule has 76 valence electrons. The first-order valence-electron chi connectivity index (χ1n) is 4.12. The highest BCUT2D eigenvalue weighted by molar-refractivity contribution is 7.91. The van der Waals surface area contributed by atoms with Crippen LogP contribution in [0.3, 0.4) is 0 Å². The molecule has 0 amide bonds. The van der Waals surface area contributed by atoms with Crippen LogP contribution in [0.1, 0.15) is 6.42 Å². The molecule has 1 aliphatic heterocycles. The van der Waals surface area contributed by atoms with Crippen LogP contribution in [-0.4, -0.2) is 50.9 Å². The molecule has 0 radical (unpaired) electrons. The van der Waals surface area contributed by atoms with Crippen LogP contribution in [-0.2, 0) is 9.84 Å². The molecule has 5 nitrogen and oxygen atoms in total. The Kier molecular flexibility index (Phi) is 2.80. The van der Waals surface area contributed by atoms with Crippen LogP contribution in [0.25, 0.3) is 0 Å². The Morgan fingerprint density at radius 1 is 1.62 bits per heavy atom. The number of nitrogens with zero attached hydrogens (tertiary/aromatic N) is 2. The monoisotopic (exact) mass is 205 g/mol. The van der Waals surface area contributed by atoms with Crippen LogP contribution in [0, 0.1) is 0 Å². The van der Waals surface area contributed by atoms with E-state index in [0.29, 0.717) is 12.4 Å². The van der Waals surface area contributed by atoms with E-state index in [1.165, 1.54) is 0 Å². The zero-order valence-corrected chi connectivity index (χ0v) is 8.71. The summed E-state index contributed by atoms with van der Waals surface area (Å²) in [5, 5.41) is 0. The highest BCUT2D eigenvalue weighted by Gasteiger charge is 2.31. The van der Waals surface area contributed by atoms with Gasteiger partial charge in [0.1, 0.15) is 0 Å². The lowest BCUT2D eigenvalue weighted by Gasteiger charge is -2.23. The third kappa shape index (κ3) is 2.33. The number of guanidine groups is 1. The Morgan fingerprint density at radius 2 is 2.23 bits per heavy atom. The molecule has 13 heavy (non-hydrogen) atoms. The molecule has 2 N–H and O–H groups in total. The van der Waals surface area contributed by atoms with Gasteiger partial charge in [-0.25, -0.2) is 8.42 Å². The van der Waals surface area contributed by atoms with E-state index in [9.17, 15) is 8.42 Å². The summed E-state index contributed by atoms with van der Waals surface area (Å²) in [6.07, 6.45) is 0.648. The summed E-state index contributed by atoms with van der Waals surface area (Å²) in [6.45, 7) is 0. The third-order valence-corrected chi connectivity index (χ3v) is 4.10. The summed E-state index contributed by atoms with van der Waals surface area (Å²) in [7, 11) is 0.530. The standard InChI is InChI=1S/C7H15N3O2S/c1-9-7(8)10(2)6-3-4-13(11,12)5-6/h6H,3-5H2,1-2H3,(H2,8,9). The van der Waals surface area contributed by atoms with Crippen LogP contribution in [0.15, 0.2) is 4.99 Å². The third-order valence-electron chi connectivity index (χ3n) is 2.35. The summed E-state index contributed by atoms with van der Waals surface area (Å²) in [6, 6.07) is -0.00583. The highest BCUT2D eigenvalue weighted by atomic mass is 32.2. The SMILES string of the molecule is CN=C(N)N(C)C1CCS(=O)(=O)C1. The van der Waals surface area contributed by atoms with E-state index in [2.05, 4.69) is 4.99 Å². The second kappa shape index (κ2) is 3.53. The van der Waals surface area contributed by atoms with E-state index < -0.39 is 9.84 Å². The Labute approximate surface area is 78.5 Å². The molecule has 0 aromatic heterocycles. The number of aliphatic imine (C=N–C) groups is 1. The van der Waals surface area contributed by atoms with Crippen molar-refractivity contribution in [3.05, 3.63) is 0 Å². The van der Waals surface area contributed by atoms with Crippen LogP contribution >= 0.6 is 0 Å². The predicted molar refractivity (Wildman–Crippen MR) is 52.4 cm³/mol. The molecule has 1 unspecified atom stereocenters. The topological polar surface area (TPSA) is 75.8 Å². The minimum absolute atomic E-state index is 0.00583. The van der Waals surface area contributed by atoms with Gasteiger partial charge < -0.3 is 10.6 Å². The molecule has 0 saturated carbocycles. The zero-order valence-electron chi connectivity index (χ0n) is 7.90. The molecule has 6 heteroatoms. The van der Waals surface area contributed by atoms with Gasteiger partial charge in [0, 0.05) is 20.1 Å². The first kappa shape index (κ1) is 10.3. The van der Waals surface area contributed by atoms with Crippen molar-refractivity contribution in [2.75, 3.05) is 25.6 Å². The summed E-state index contributed by atoms with van der Waals surface area (Å²) >= 11 is 0. The van der Waals surface area contributed by atoms with Crippen molar-refractivity contribution in [1.29, 1.82) is 0 Å². The first-order chi connectivity index (χ1) is 5.96. The van der Waals surface area contributed by atoms with Gasteiger partial charge >= 0.3 is 0 Å². The van der Waals surface area contributed by atoms with Crippen molar-refractivity contribution >= 4 is 15.8 Å². The lowest BCUT2D eigenvalue weighted by Crippen LogP contribution is -2.42. The fourth-order valence-electron chi connectivity index (χ4n) is 1.43. The highest BCUT2D eigenvalue weighted by Crippen LogP contribution is 2.15. The van der Waals surface area contributed by atoms with E-state index in [1.54, 1.807) is 19.0 Å². The molecule has 0 aromatic rings. The van der Waals surface area contributed by atoms with Gasteiger partial charge in [-0.2, -0.15) is 0 Å². The Hall–Kier alpha value is -0.780. The Morgan fingerprint density at radius 3 is 2.62 bits per heavy atom. The normalized spacial score (nSPS) is 27.5. The fraction of sp³-hybridized carbons (Fsp3) is 0.857. The molecular weight excluding hydrogens is 190 g/mol. The Balaban J connectivity index is 2.67. The number of hydrogen-bond donors (Lipinski definition) is 1. The van der Waals surface area contributed by atoms with E-state index >= 15 is 0 Å². The van der Waals surface area contributed by atoms with Crippen LogP contribution in [0.2, 0.25) is 0 Å². The number of rotatable bonds is 1. The van der Waals surface area contributed by atoms with Gasteiger partial charge in [0.2, 0.25) is 0 Å². The van der Waals surface area contributed by atoms with Crippen molar-refractivity contribution in [1.82, 2.24) is 4.90 Å². The van der Waals surface area contributed by atoms with Crippen molar-refractivity contribution < 1.29 is 8.42 Å². The minimum atomic E-state index is -2.83. The molecule has 1 heterocycles. The molecule has 1 aliphatic rings. The molecule has 1 saturated heterocycles. The van der Waals surface area contributed by atoms with Crippen molar-refractivity contribution in [2.24, 2.45) is 10.7 Å². The zero-order chi connectivity index (χ0) is 10.1. The largest absolute Gasteiger partial charge is 0.370 e. The molecule has 0 spiro atoms. The second-order valence-electron chi connectivity index (χ2n) is 3.25. The number of sulfone groups is 1. The maximum absolute atomic E-state index is 11.1. The minimum Gasteiger partial charge on any atom is -0.370 e. The van der Waals surface area contributed by atoms with Crippen LogP contribution < -0.4 is 5.73 Å². The summed E-state index contributed by atoms with van der Waals surface area (Å²) in [5.74, 6) is 0.848. The summed E-state index contributed by atoms with van der Waals surface area (Å²) in [4.78, 5) is 5.53. The molecule has 0 aliphatic carbocycles.